The van der Waals surface area contributed by atoms with Crippen molar-refractivity contribution in [1.29, 1.82) is 0 Å². The molecule has 0 fully saturated rings. The lowest BCUT2D eigenvalue weighted by atomic mass is 10.1. The zero-order chi connectivity index (χ0) is 12.6. The van der Waals surface area contributed by atoms with Gasteiger partial charge in [0.05, 0.1) is 11.1 Å². The highest BCUT2D eigenvalue weighted by Crippen LogP contribution is 2.23. The van der Waals surface area contributed by atoms with Crippen LogP contribution in [-0.4, -0.2) is 16.5 Å². The van der Waals surface area contributed by atoms with Crippen LogP contribution in [0.5, 0.6) is 0 Å². The summed E-state index contributed by atoms with van der Waals surface area (Å²) < 4.78 is 26.6. The van der Waals surface area contributed by atoms with Gasteiger partial charge < -0.3 is 10.3 Å². The molecule has 0 saturated carbocycles. The van der Waals surface area contributed by atoms with Gasteiger partial charge in [0, 0.05) is 0 Å². The van der Waals surface area contributed by atoms with Gasteiger partial charge in [-0.25, -0.2) is 13.8 Å². The fourth-order valence-corrected chi connectivity index (χ4v) is 1.84. The Bertz CT molecular complexity index is 546. The topological polar surface area (TPSA) is 40.7 Å². The molecule has 17 heavy (non-hydrogen) atoms. The zero-order valence-corrected chi connectivity index (χ0v) is 10.1. The minimum atomic E-state index is -0.905. The molecule has 0 radical (unpaired) electrons. The number of imidazole rings is 1. The van der Waals surface area contributed by atoms with Crippen LogP contribution >= 0.6 is 0 Å². The Kier molecular flexibility index (Phi) is 2.87. The highest BCUT2D eigenvalue weighted by Gasteiger charge is 2.24. The second-order valence-corrected chi connectivity index (χ2v) is 4.50. The number of benzene rings is 1. The Labute approximate surface area is 98.2 Å². The van der Waals surface area contributed by atoms with E-state index in [9.17, 15) is 8.78 Å². The van der Waals surface area contributed by atoms with Crippen LogP contribution in [0.1, 0.15) is 26.6 Å². The summed E-state index contributed by atoms with van der Waals surface area (Å²) in [6, 6.07) is 2.59. The fraction of sp³-hybridized carbons (Fsp3) is 0.417. The number of hydrogen-bond donors (Lipinski definition) is 2. The van der Waals surface area contributed by atoms with Crippen LogP contribution in [0.3, 0.4) is 0 Å². The van der Waals surface area contributed by atoms with Crippen molar-refractivity contribution in [3.8, 4) is 0 Å². The molecular formula is C12H15F2N3. The number of aromatic amines is 1. The van der Waals surface area contributed by atoms with Crippen molar-refractivity contribution in [2.75, 3.05) is 6.54 Å². The summed E-state index contributed by atoms with van der Waals surface area (Å²) in [6.07, 6.45) is 0. The second-order valence-electron chi connectivity index (χ2n) is 4.50. The van der Waals surface area contributed by atoms with Crippen molar-refractivity contribution >= 4 is 11.0 Å². The van der Waals surface area contributed by atoms with Crippen molar-refractivity contribution in [1.82, 2.24) is 15.3 Å². The van der Waals surface area contributed by atoms with E-state index >= 15 is 0 Å². The van der Waals surface area contributed by atoms with Gasteiger partial charge in [-0.1, -0.05) is 6.92 Å². The molecule has 0 aliphatic carbocycles. The van der Waals surface area contributed by atoms with Gasteiger partial charge in [0.15, 0.2) is 11.6 Å². The SMILES string of the molecule is CCNC(C)(C)c1nc2c(F)c(F)ccc2[nH]1. The second kappa shape index (κ2) is 4.07. The number of halogens is 2. The number of nitrogens with zero attached hydrogens (tertiary/aromatic N) is 1. The molecule has 2 rings (SSSR count). The molecule has 1 aromatic carbocycles. The maximum Gasteiger partial charge on any atom is 0.186 e. The average molecular weight is 239 g/mol. The molecule has 2 aromatic rings. The summed E-state index contributed by atoms with van der Waals surface area (Å²) in [7, 11) is 0. The van der Waals surface area contributed by atoms with Gasteiger partial charge in [-0.05, 0) is 32.5 Å². The van der Waals surface area contributed by atoms with Crippen LogP contribution in [0, 0.1) is 11.6 Å². The lowest BCUT2D eigenvalue weighted by molar-refractivity contribution is 0.395. The normalized spacial score (nSPS) is 12.3. The van der Waals surface area contributed by atoms with E-state index in [0.717, 1.165) is 12.6 Å². The smallest absolute Gasteiger partial charge is 0.186 e. The van der Waals surface area contributed by atoms with E-state index in [1.54, 1.807) is 0 Å². The third-order valence-corrected chi connectivity index (χ3v) is 2.76. The van der Waals surface area contributed by atoms with Gasteiger partial charge in [0.25, 0.3) is 0 Å². The van der Waals surface area contributed by atoms with Crippen LogP contribution in [0.4, 0.5) is 8.78 Å². The van der Waals surface area contributed by atoms with Crippen LogP contribution in [-0.2, 0) is 5.54 Å². The van der Waals surface area contributed by atoms with Crippen molar-refractivity contribution in [3.63, 3.8) is 0 Å². The van der Waals surface area contributed by atoms with Gasteiger partial charge >= 0.3 is 0 Å². The first-order chi connectivity index (χ1) is 7.95. The number of aromatic nitrogens is 2. The monoisotopic (exact) mass is 239 g/mol. The predicted octanol–water partition coefficient (Wildman–Crippen LogP) is 2.69. The molecule has 5 heteroatoms. The molecule has 0 bridgehead atoms. The molecule has 0 aliphatic rings. The van der Waals surface area contributed by atoms with E-state index in [4.69, 9.17) is 0 Å². The number of fused-ring (bicyclic) bond motifs is 1. The lowest BCUT2D eigenvalue weighted by Gasteiger charge is -2.22. The van der Waals surface area contributed by atoms with Crippen molar-refractivity contribution in [2.24, 2.45) is 0 Å². The number of nitrogens with one attached hydrogen (secondary N) is 2. The molecule has 0 saturated heterocycles. The summed E-state index contributed by atoms with van der Waals surface area (Å²) >= 11 is 0. The summed E-state index contributed by atoms with van der Waals surface area (Å²) in [6.45, 7) is 6.61. The Morgan fingerprint density at radius 2 is 2.06 bits per heavy atom. The molecule has 0 unspecified atom stereocenters. The molecular weight excluding hydrogens is 224 g/mol. The summed E-state index contributed by atoms with van der Waals surface area (Å²) in [5.74, 6) is -1.19. The maximum atomic E-state index is 13.5. The Morgan fingerprint density at radius 1 is 1.35 bits per heavy atom. The largest absolute Gasteiger partial charge is 0.340 e. The highest BCUT2D eigenvalue weighted by molar-refractivity contribution is 5.76. The third kappa shape index (κ3) is 2.02. The van der Waals surface area contributed by atoms with Crippen LogP contribution in [0.2, 0.25) is 0 Å². The quantitative estimate of drug-likeness (QED) is 0.864. The Balaban J connectivity index is 2.55. The van der Waals surface area contributed by atoms with Gasteiger partial charge in [-0.2, -0.15) is 0 Å². The predicted molar refractivity (Wildman–Crippen MR) is 62.7 cm³/mol. The van der Waals surface area contributed by atoms with Gasteiger partial charge in [-0.15, -0.1) is 0 Å². The molecule has 0 spiro atoms. The first kappa shape index (κ1) is 12.0. The summed E-state index contributed by atoms with van der Waals surface area (Å²) in [4.78, 5) is 7.14. The summed E-state index contributed by atoms with van der Waals surface area (Å²) in [5.41, 5.74) is 0.146. The van der Waals surface area contributed by atoms with Crippen LogP contribution < -0.4 is 5.32 Å². The number of hydrogen-bond acceptors (Lipinski definition) is 2. The van der Waals surface area contributed by atoms with E-state index in [2.05, 4.69) is 15.3 Å². The van der Waals surface area contributed by atoms with Crippen LogP contribution in [0.25, 0.3) is 11.0 Å². The van der Waals surface area contributed by atoms with E-state index in [0.29, 0.717) is 11.3 Å². The zero-order valence-electron chi connectivity index (χ0n) is 10.1. The van der Waals surface area contributed by atoms with Crippen molar-refractivity contribution < 1.29 is 8.78 Å². The molecule has 1 heterocycles. The summed E-state index contributed by atoms with van der Waals surface area (Å²) in [5, 5.41) is 3.22. The minimum absolute atomic E-state index is 0.0472. The van der Waals surface area contributed by atoms with Crippen molar-refractivity contribution in [3.05, 3.63) is 29.6 Å². The average Bonchev–Trinajstić information content (AvgIpc) is 2.69. The molecule has 0 aliphatic heterocycles. The van der Waals surface area contributed by atoms with Crippen molar-refractivity contribution in [2.45, 2.75) is 26.3 Å². The third-order valence-electron chi connectivity index (χ3n) is 2.76. The Hall–Kier alpha value is -1.49. The van der Waals surface area contributed by atoms with Gasteiger partial charge in [0.1, 0.15) is 11.3 Å². The van der Waals surface area contributed by atoms with E-state index < -0.39 is 17.2 Å². The van der Waals surface area contributed by atoms with Crippen LogP contribution in [0.15, 0.2) is 12.1 Å². The molecule has 1 aromatic heterocycles. The maximum absolute atomic E-state index is 13.5. The first-order valence-corrected chi connectivity index (χ1v) is 5.55. The fourth-order valence-electron chi connectivity index (χ4n) is 1.84. The lowest BCUT2D eigenvalue weighted by Crippen LogP contribution is -2.37. The molecule has 0 amide bonds. The highest BCUT2D eigenvalue weighted by atomic mass is 19.2. The van der Waals surface area contributed by atoms with E-state index in [-0.39, 0.29) is 5.52 Å². The first-order valence-electron chi connectivity index (χ1n) is 5.55. The molecule has 0 atom stereocenters. The molecule has 3 nitrogen and oxygen atoms in total. The van der Waals surface area contributed by atoms with Gasteiger partial charge in [-0.3, -0.25) is 0 Å². The van der Waals surface area contributed by atoms with E-state index in [1.165, 1.54) is 6.07 Å². The number of H-pyrrole nitrogens is 1. The Morgan fingerprint density at radius 3 is 2.71 bits per heavy atom. The van der Waals surface area contributed by atoms with Gasteiger partial charge in [0.2, 0.25) is 0 Å². The number of rotatable bonds is 3. The molecule has 92 valence electrons. The standard InChI is InChI=1S/C12H15F2N3/c1-4-15-12(2,3)11-16-8-6-5-7(13)9(14)10(8)17-11/h5-6,15H,4H2,1-3H3,(H,16,17). The minimum Gasteiger partial charge on any atom is -0.340 e. The van der Waals surface area contributed by atoms with E-state index in [1.807, 2.05) is 20.8 Å². The molecule has 2 N–H and O–H groups in total.